The first kappa shape index (κ1) is 20.8. The van der Waals surface area contributed by atoms with Gasteiger partial charge >= 0.3 is 234 Å². The zero-order valence-electron chi connectivity index (χ0n) is 20.7. The van der Waals surface area contributed by atoms with Crippen LogP contribution in [0.2, 0.25) is 0 Å². The first-order chi connectivity index (χ1) is 19.3. The topological polar surface area (TPSA) is 4.41 Å². The fourth-order valence-electron chi connectivity index (χ4n) is 6.96. The van der Waals surface area contributed by atoms with Crippen molar-refractivity contribution < 1.29 is 0 Å². The van der Waals surface area contributed by atoms with Crippen LogP contribution in [-0.4, -0.2) is 18.9 Å². The third kappa shape index (κ3) is 2.56. The van der Waals surface area contributed by atoms with Gasteiger partial charge in [-0.2, -0.15) is 0 Å². The van der Waals surface area contributed by atoms with Crippen molar-refractivity contribution in [2.24, 2.45) is 0 Å². The molecule has 0 saturated heterocycles. The van der Waals surface area contributed by atoms with Gasteiger partial charge in [-0.15, -0.1) is 0 Å². The van der Waals surface area contributed by atoms with Crippen LogP contribution in [0.25, 0.3) is 88.3 Å². The molecule has 0 atom stereocenters. The van der Waals surface area contributed by atoms with E-state index in [0.29, 0.717) is 14.5 Å². The third-order valence-electron chi connectivity index (χ3n) is 8.53. The van der Waals surface area contributed by atoms with E-state index in [0.717, 1.165) is 0 Å². The molecule has 0 aliphatic rings. The van der Waals surface area contributed by atoms with Crippen molar-refractivity contribution in [2.75, 3.05) is 0 Å². The van der Waals surface area contributed by atoms with Crippen LogP contribution < -0.4 is 0 Å². The molecule has 10 rings (SSSR count). The summed E-state index contributed by atoms with van der Waals surface area (Å²) in [5.41, 5.74) is 3.91. The summed E-state index contributed by atoms with van der Waals surface area (Å²) in [4.78, 5) is 0. The van der Waals surface area contributed by atoms with Crippen LogP contribution in [0.4, 0.5) is 0 Å². The quantitative estimate of drug-likeness (QED) is 0.158. The van der Waals surface area contributed by atoms with Crippen molar-refractivity contribution in [1.82, 2.24) is 4.40 Å². The molecule has 0 spiro atoms. The fraction of sp³-hybridized carbons (Fsp3) is 0. The summed E-state index contributed by atoms with van der Waals surface area (Å²) in [6, 6.07) is 43.5. The summed E-state index contributed by atoms with van der Waals surface area (Å²) < 4.78 is 8.27. The van der Waals surface area contributed by atoms with Gasteiger partial charge in [-0.1, -0.05) is 0 Å². The van der Waals surface area contributed by atoms with Crippen LogP contribution in [0.15, 0.2) is 115 Å². The average molecular weight is 577 g/mol. The number of nitrogens with zero attached hydrogens (tertiary/aromatic N) is 1. The fourth-order valence-corrected chi connectivity index (χ4v) is 10.5. The first-order valence-corrected chi connectivity index (χ1v) is 15.8. The second-order valence-corrected chi connectivity index (χ2v) is 13.8. The van der Waals surface area contributed by atoms with E-state index in [1.54, 1.807) is 0 Å². The van der Waals surface area contributed by atoms with Gasteiger partial charge in [0.25, 0.3) is 0 Å². The zero-order valence-corrected chi connectivity index (χ0v) is 23.3. The second-order valence-electron chi connectivity index (χ2n) is 10.5. The van der Waals surface area contributed by atoms with Crippen LogP contribution >= 0.6 is 11.3 Å². The predicted molar refractivity (Wildman–Crippen MR) is 172 cm³/mol. The van der Waals surface area contributed by atoms with Crippen LogP contribution in [0.5, 0.6) is 0 Å². The van der Waals surface area contributed by atoms with Gasteiger partial charge in [-0.3, -0.25) is 0 Å². The molecule has 39 heavy (non-hydrogen) atoms. The Labute approximate surface area is 232 Å². The van der Waals surface area contributed by atoms with E-state index >= 15 is 0 Å². The Bertz CT molecular complexity index is 2670. The molecule has 0 bridgehead atoms. The van der Waals surface area contributed by atoms with Crippen LogP contribution in [0.1, 0.15) is 0 Å². The third-order valence-corrected chi connectivity index (χ3v) is 12.0. The SMILES string of the molecule is c1ccc2c(c1)[se]c1cc3c(cc12)c1cccc2c4ccccc4c4cccc5sc6cccc(c6c54)n3c21. The Hall–Kier alpha value is -4.14. The molecule has 4 aromatic heterocycles. The van der Waals surface area contributed by atoms with E-state index < -0.39 is 0 Å². The maximum atomic E-state index is 2.59. The molecule has 10 aromatic rings. The van der Waals surface area contributed by atoms with Gasteiger partial charge in [0, 0.05) is 0 Å². The van der Waals surface area contributed by atoms with E-state index in [1.165, 1.54) is 88.3 Å². The molecule has 0 fully saturated rings. The molecular weight excluding hydrogens is 557 g/mol. The number of aromatic nitrogens is 1. The van der Waals surface area contributed by atoms with Crippen molar-refractivity contribution in [3.05, 3.63) is 115 Å². The van der Waals surface area contributed by atoms with Gasteiger partial charge in [0.05, 0.1) is 0 Å². The van der Waals surface area contributed by atoms with Crippen molar-refractivity contribution in [1.29, 1.82) is 0 Å². The summed E-state index contributed by atoms with van der Waals surface area (Å²) in [5.74, 6) is 0. The molecule has 0 radical (unpaired) electrons. The Kier molecular flexibility index (Phi) is 3.88. The Morgan fingerprint density at radius 1 is 0.436 bits per heavy atom. The molecule has 0 N–H and O–H groups in total. The Morgan fingerprint density at radius 3 is 1.95 bits per heavy atom. The van der Waals surface area contributed by atoms with Gasteiger partial charge in [0.2, 0.25) is 0 Å². The molecule has 0 aliphatic heterocycles. The van der Waals surface area contributed by atoms with E-state index in [-0.39, 0.29) is 0 Å². The van der Waals surface area contributed by atoms with E-state index in [9.17, 15) is 0 Å². The maximum absolute atomic E-state index is 2.59. The molecule has 0 amide bonds. The van der Waals surface area contributed by atoms with Crippen molar-refractivity contribution in [3.8, 4) is 0 Å². The normalized spacial score (nSPS) is 12.6. The van der Waals surface area contributed by atoms with Crippen LogP contribution in [0.3, 0.4) is 0 Å². The van der Waals surface area contributed by atoms with Gasteiger partial charge in [0.15, 0.2) is 0 Å². The number of fused-ring (bicyclic) bond motifs is 10. The molecule has 180 valence electrons. The molecular formula is C36H19NSSe. The number of thiophene rings is 1. The first-order valence-electron chi connectivity index (χ1n) is 13.3. The number of rotatable bonds is 0. The molecule has 4 heterocycles. The van der Waals surface area contributed by atoms with Crippen molar-refractivity contribution >= 4 is 114 Å². The van der Waals surface area contributed by atoms with Gasteiger partial charge in [-0.25, -0.2) is 0 Å². The van der Waals surface area contributed by atoms with Gasteiger partial charge < -0.3 is 0 Å². The van der Waals surface area contributed by atoms with Gasteiger partial charge in [-0.05, 0) is 0 Å². The van der Waals surface area contributed by atoms with E-state index in [2.05, 4.69) is 120 Å². The summed E-state index contributed by atoms with van der Waals surface area (Å²) >= 11 is 2.23. The van der Waals surface area contributed by atoms with Crippen molar-refractivity contribution in [2.45, 2.75) is 0 Å². The minimum atomic E-state index is 0.318. The standard InChI is InChI=1S/C36H19NSSe/c1-2-9-21-20(8-1)23-11-6-15-30-34(23)35-28(14-7-16-31(35)38-30)37-29-19-33-27(22-10-3-4-17-32(22)39-33)18-26(29)25-13-5-12-24(21)36(25)37/h1-19H. The summed E-state index contributed by atoms with van der Waals surface area (Å²) in [5, 5.41) is 13.5. The minimum absolute atomic E-state index is 0.318. The second kappa shape index (κ2) is 7.28. The predicted octanol–water partition coefficient (Wildman–Crippen LogP) is 10.3. The molecule has 0 aliphatic carbocycles. The summed E-state index contributed by atoms with van der Waals surface area (Å²) in [6.45, 7) is 0. The van der Waals surface area contributed by atoms with Crippen LogP contribution in [-0.2, 0) is 0 Å². The average Bonchev–Trinajstić information content (AvgIpc) is 3.65. The number of para-hydroxylation sites is 1. The summed E-state index contributed by atoms with van der Waals surface area (Å²) in [7, 11) is 0. The monoisotopic (exact) mass is 577 g/mol. The Balaban J connectivity index is 1.63. The molecule has 1 nitrogen and oxygen atoms in total. The molecule has 0 unspecified atom stereocenters. The summed E-state index contributed by atoms with van der Waals surface area (Å²) in [6.07, 6.45) is 0. The van der Waals surface area contributed by atoms with Crippen molar-refractivity contribution in [3.63, 3.8) is 0 Å². The van der Waals surface area contributed by atoms with E-state index in [4.69, 9.17) is 0 Å². The molecule has 6 aromatic carbocycles. The molecule has 3 heteroatoms. The van der Waals surface area contributed by atoms with Gasteiger partial charge in [0.1, 0.15) is 0 Å². The Morgan fingerprint density at radius 2 is 1.08 bits per heavy atom. The number of benzene rings is 6. The molecule has 0 saturated carbocycles. The zero-order chi connectivity index (χ0) is 25.2. The number of hydrogen-bond acceptors (Lipinski definition) is 1. The van der Waals surface area contributed by atoms with E-state index in [1.807, 2.05) is 11.3 Å². The number of hydrogen-bond donors (Lipinski definition) is 0. The van der Waals surface area contributed by atoms with Crippen LogP contribution in [0, 0.1) is 0 Å².